The highest BCUT2D eigenvalue weighted by Gasteiger charge is 2.36. The molecule has 2 unspecified atom stereocenters. The van der Waals surface area contributed by atoms with E-state index in [2.05, 4.69) is 30.6 Å². The Balaban J connectivity index is 1.99. The number of methoxy groups -OCH3 is 1. The van der Waals surface area contributed by atoms with Crippen LogP contribution in [0.3, 0.4) is 0 Å². The van der Waals surface area contributed by atoms with Crippen LogP contribution >= 0.6 is 0 Å². The van der Waals surface area contributed by atoms with Gasteiger partial charge in [-0.2, -0.15) is 0 Å². The summed E-state index contributed by atoms with van der Waals surface area (Å²) >= 11 is 0. The van der Waals surface area contributed by atoms with Gasteiger partial charge < -0.3 is 4.74 Å². The van der Waals surface area contributed by atoms with Gasteiger partial charge in [-0.3, -0.25) is 9.80 Å². The molecular weight excluding hydrogens is 224 g/mol. The van der Waals surface area contributed by atoms with Crippen LogP contribution in [0.1, 0.15) is 46.5 Å². The van der Waals surface area contributed by atoms with E-state index in [4.69, 9.17) is 4.74 Å². The van der Waals surface area contributed by atoms with E-state index in [1.54, 1.807) is 0 Å². The second-order valence-corrected chi connectivity index (χ2v) is 6.60. The van der Waals surface area contributed by atoms with Crippen molar-refractivity contribution in [2.75, 3.05) is 33.3 Å². The van der Waals surface area contributed by atoms with Gasteiger partial charge in [0.05, 0.1) is 5.60 Å². The van der Waals surface area contributed by atoms with Crippen molar-refractivity contribution in [3.8, 4) is 0 Å². The Labute approximate surface area is 112 Å². The monoisotopic (exact) mass is 254 g/mol. The summed E-state index contributed by atoms with van der Waals surface area (Å²) < 4.78 is 5.61. The van der Waals surface area contributed by atoms with Gasteiger partial charge in [0.25, 0.3) is 0 Å². The number of rotatable bonds is 4. The number of hydrogen-bond donors (Lipinski definition) is 0. The Morgan fingerprint density at radius 3 is 2.67 bits per heavy atom. The fourth-order valence-corrected chi connectivity index (χ4v) is 3.45. The third-order valence-electron chi connectivity index (χ3n) is 4.76. The molecule has 106 valence electrons. The first-order valence-corrected chi connectivity index (χ1v) is 7.59. The summed E-state index contributed by atoms with van der Waals surface area (Å²) in [5, 5.41) is 0. The van der Waals surface area contributed by atoms with Gasteiger partial charge >= 0.3 is 0 Å². The Bertz CT molecular complexity index is 267. The predicted octanol–water partition coefficient (Wildman–Crippen LogP) is 2.36. The zero-order valence-electron chi connectivity index (χ0n) is 12.6. The van der Waals surface area contributed by atoms with E-state index < -0.39 is 0 Å². The number of piperidine rings is 1. The lowest BCUT2D eigenvalue weighted by atomic mass is 9.94. The first-order chi connectivity index (χ1) is 8.55. The molecule has 0 bridgehead atoms. The quantitative estimate of drug-likeness (QED) is 0.766. The maximum Gasteiger partial charge on any atom is 0.0749 e. The van der Waals surface area contributed by atoms with Gasteiger partial charge in [0.15, 0.2) is 0 Å². The second-order valence-electron chi connectivity index (χ2n) is 6.60. The Morgan fingerprint density at radius 1 is 1.22 bits per heavy atom. The molecular formula is C15H30N2O. The third-order valence-corrected chi connectivity index (χ3v) is 4.76. The van der Waals surface area contributed by atoms with Crippen molar-refractivity contribution < 1.29 is 4.74 Å². The first-order valence-electron chi connectivity index (χ1n) is 7.59. The van der Waals surface area contributed by atoms with Crippen LogP contribution in [0.25, 0.3) is 0 Å². The lowest BCUT2D eigenvalue weighted by Crippen LogP contribution is -2.61. The highest BCUT2D eigenvalue weighted by molar-refractivity contribution is 4.92. The number of hydrogen-bond acceptors (Lipinski definition) is 3. The normalized spacial score (nSPS) is 31.3. The topological polar surface area (TPSA) is 15.7 Å². The van der Waals surface area contributed by atoms with E-state index in [9.17, 15) is 0 Å². The molecule has 0 amide bonds. The summed E-state index contributed by atoms with van der Waals surface area (Å²) in [6, 6.07) is 1.52. The second kappa shape index (κ2) is 5.89. The summed E-state index contributed by atoms with van der Waals surface area (Å²) in [5.74, 6) is 0. The Hall–Kier alpha value is -0.120. The molecule has 0 aromatic heterocycles. The Kier molecular flexibility index (Phi) is 4.68. The van der Waals surface area contributed by atoms with Gasteiger partial charge in [0.2, 0.25) is 0 Å². The van der Waals surface area contributed by atoms with E-state index in [0.29, 0.717) is 6.04 Å². The molecule has 0 saturated carbocycles. The van der Waals surface area contributed by atoms with Crippen LogP contribution in [0.2, 0.25) is 0 Å². The standard InChI is InChI=1S/C15H30N2O/c1-5-13-10-16-9-7-6-8-14(16)11-17(13)12-15(2,3)18-4/h13-14H,5-12H2,1-4H3. The number of nitrogens with zero attached hydrogens (tertiary/aromatic N) is 2. The SMILES string of the molecule is CCC1CN2CCCCC2CN1CC(C)(C)OC. The molecule has 0 aromatic rings. The third kappa shape index (κ3) is 3.25. The highest BCUT2D eigenvalue weighted by Crippen LogP contribution is 2.26. The van der Waals surface area contributed by atoms with Gasteiger partial charge in [-0.05, 0) is 39.7 Å². The Morgan fingerprint density at radius 2 is 2.00 bits per heavy atom. The summed E-state index contributed by atoms with van der Waals surface area (Å²) in [6.07, 6.45) is 5.46. The van der Waals surface area contributed by atoms with E-state index >= 15 is 0 Å². The fourth-order valence-electron chi connectivity index (χ4n) is 3.45. The van der Waals surface area contributed by atoms with Crippen LogP contribution in [-0.4, -0.2) is 60.8 Å². The lowest BCUT2D eigenvalue weighted by molar-refractivity contribution is -0.0552. The molecule has 2 rings (SSSR count). The maximum absolute atomic E-state index is 5.61. The van der Waals surface area contributed by atoms with Gasteiger partial charge in [0.1, 0.15) is 0 Å². The highest BCUT2D eigenvalue weighted by atomic mass is 16.5. The van der Waals surface area contributed by atoms with Crippen LogP contribution in [0, 0.1) is 0 Å². The van der Waals surface area contributed by atoms with Crippen molar-refractivity contribution in [1.29, 1.82) is 0 Å². The van der Waals surface area contributed by atoms with Crippen molar-refractivity contribution in [2.45, 2.75) is 64.1 Å². The molecule has 0 N–H and O–H groups in total. The van der Waals surface area contributed by atoms with Gasteiger partial charge in [-0.25, -0.2) is 0 Å². The zero-order chi connectivity index (χ0) is 13.2. The minimum Gasteiger partial charge on any atom is -0.377 e. The van der Waals surface area contributed by atoms with Crippen molar-refractivity contribution in [2.24, 2.45) is 0 Å². The van der Waals surface area contributed by atoms with Crippen LogP contribution in [0.5, 0.6) is 0 Å². The van der Waals surface area contributed by atoms with Crippen LogP contribution in [0.15, 0.2) is 0 Å². The molecule has 3 heteroatoms. The predicted molar refractivity (Wildman–Crippen MR) is 76.0 cm³/mol. The van der Waals surface area contributed by atoms with Gasteiger partial charge in [-0.1, -0.05) is 13.3 Å². The van der Waals surface area contributed by atoms with Crippen LogP contribution in [0.4, 0.5) is 0 Å². The molecule has 2 aliphatic heterocycles. The molecule has 2 saturated heterocycles. The summed E-state index contributed by atoms with van der Waals surface area (Å²) in [4.78, 5) is 5.41. The zero-order valence-corrected chi connectivity index (χ0v) is 12.6. The van der Waals surface area contributed by atoms with Crippen molar-refractivity contribution in [3.05, 3.63) is 0 Å². The van der Waals surface area contributed by atoms with Crippen LogP contribution in [-0.2, 0) is 4.74 Å². The van der Waals surface area contributed by atoms with E-state index in [1.165, 1.54) is 45.3 Å². The largest absolute Gasteiger partial charge is 0.377 e. The van der Waals surface area contributed by atoms with E-state index in [0.717, 1.165) is 12.6 Å². The number of piperazine rings is 1. The summed E-state index contributed by atoms with van der Waals surface area (Å²) in [7, 11) is 1.83. The van der Waals surface area contributed by atoms with Crippen molar-refractivity contribution in [3.63, 3.8) is 0 Å². The van der Waals surface area contributed by atoms with Crippen molar-refractivity contribution in [1.82, 2.24) is 9.80 Å². The number of fused-ring (bicyclic) bond motifs is 1. The maximum atomic E-state index is 5.61. The minimum absolute atomic E-state index is 0.0236. The average Bonchev–Trinajstić information content (AvgIpc) is 2.37. The summed E-state index contributed by atoms with van der Waals surface area (Å²) in [5.41, 5.74) is -0.0236. The van der Waals surface area contributed by atoms with Gasteiger partial charge in [0, 0.05) is 38.8 Å². The van der Waals surface area contributed by atoms with E-state index in [1.807, 2.05) is 7.11 Å². The number of ether oxygens (including phenoxy) is 1. The first kappa shape index (κ1) is 14.3. The molecule has 0 spiro atoms. The molecule has 18 heavy (non-hydrogen) atoms. The van der Waals surface area contributed by atoms with Crippen LogP contribution < -0.4 is 0 Å². The molecule has 0 radical (unpaired) electrons. The molecule has 0 aromatic carbocycles. The summed E-state index contributed by atoms with van der Waals surface area (Å²) in [6.45, 7) is 11.6. The smallest absolute Gasteiger partial charge is 0.0749 e. The lowest BCUT2D eigenvalue weighted by Gasteiger charge is -2.50. The fraction of sp³-hybridized carbons (Fsp3) is 1.00. The van der Waals surface area contributed by atoms with Gasteiger partial charge in [-0.15, -0.1) is 0 Å². The molecule has 2 heterocycles. The molecule has 0 aliphatic carbocycles. The molecule has 2 aliphatic rings. The average molecular weight is 254 g/mol. The molecule has 2 atom stereocenters. The van der Waals surface area contributed by atoms with Crippen molar-refractivity contribution >= 4 is 0 Å². The molecule has 2 fully saturated rings. The van der Waals surface area contributed by atoms with E-state index in [-0.39, 0.29) is 5.60 Å². The molecule has 3 nitrogen and oxygen atoms in total. The minimum atomic E-state index is -0.0236.